The molecular formula is C27H36F2N8O3. The number of carboxylic acid groups (broad SMARTS) is 1. The number of hydrogen-bond donors (Lipinski definition) is 3. The van der Waals surface area contributed by atoms with E-state index in [2.05, 4.69) is 39.4 Å². The predicted octanol–water partition coefficient (Wildman–Crippen LogP) is 3.93. The predicted molar refractivity (Wildman–Crippen MR) is 152 cm³/mol. The van der Waals surface area contributed by atoms with Gasteiger partial charge in [-0.2, -0.15) is 15.0 Å². The Labute approximate surface area is 231 Å². The van der Waals surface area contributed by atoms with E-state index in [9.17, 15) is 14.7 Å². The van der Waals surface area contributed by atoms with Gasteiger partial charge in [0, 0.05) is 52.0 Å². The number of benzene rings is 1. The maximum atomic E-state index is 15.8. The molecule has 0 aliphatic carbocycles. The molecule has 0 bridgehead atoms. The number of pyridine rings is 1. The van der Waals surface area contributed by atoms with E-state index >= 15 is 8.78 Å². The fraction of sp³-hybridized carbons (Fsp3) is 0.519. The van der Waals surface area contributed by atoms with E-state index in [4.69, 9.17) is 0 Å². The number of anilines is 4. The molecule has 0 radical (unpaired) electrons. The second kappa shape index (κ2) is 12.9. The highest BCUT2D eigenvalue weighted by Crippen LogP contribution is 2.31. The minimum absolute atomic E-state index is 0.112. The molecule has 3 heterocycles. The van der Waals surface area contributed by atoms with Crippen molar-refractivity contribution in [3.05, 3.63) is 39.7 Å². The molecule has 0 spiro atoms. The van der Waals surface area contributed by atoms with Crippen LogP contribution in [-0.2, 0) is 6.54 Å². The second-order valence-electron chi connectivity index (χ2n) is 9.70. The summed E-state index contributed by atoms with van der Waals surface area (Å²) in [5.74, 6) is -1.81. The fourth-order valence-corrected chi connectivity index (χ4v) is 4.72. The Morgan fingerprint density at radius 3 is 2.05 bits per heavy atom. The number of nitrogens with zero attached hydrogens (tertiary/aromatic N) is 6. The molecule has 0 saturated carbocycles. The molecule has 2 aromatic heterocycles. The first-order valence-electron chi connectivity index (χ1n) is 13.8. The summed E-state index contributed by atoms with van der Waals surface area (Å²) in [6, 6.07) is 0.940. The van der Waals surface area contributed by atoms with E-state index in [1.165, 1.54) is 4.57 Å². The van der Waals surface area contributed by atoms with Gasteiger partial charge in [-0.15, -0.1) is 0 Å². The van der Waals surface area contributed by atoms with Gasteiger partial charge in [0.05, 0.1) is 10.9 Å². The van der Waals surface area contributed by atoms with Crippen LogP contribution in [0.1, 0.15) is 56.8 Å². The number of aromatic carboxylic acids is 1. The molecule has 0 unspecified atom stereocenters. The topological polar surface area (TPSA) is 129 Å². The maximum absolute atomic E-state index is 15.8. The van der Waals surface area contributed by atoms with Crippen LogP contribution in [0.3, 0.4) is 0 Å². The van der Waals surface area contributed by atoms with E-state index in [-0.39, 0.29) is 36.2 Å². The van der Waals surface area contributed by atoms with Gasteiger partial charge >= 0.3 is 5.97 Å². The highest BCUT2D eigenvalue weighted by Gasteiger charge is 2.28. The Hall–Kier alpha value is -4.03. The van der Waals surface area contributed by atoms with Crippen molar-refractivity contribution in [2.75, 3.05) is 59.7 Å². The van der Waals surface area contributed by atoms with E-state index in [1.807, 2.05) is 4.90 Å². The molecule has 4 rings (SSSR count). The van der Waals surface area contributed by atoms with Crippen LogP contribution in [0.25, 0.3) is 10.9 Å². The van der Waals surface area contributed by atoms with E-state index < -0.39 is 28.6 Å². The third-order valence-electron chi connectivity index (χ3n) is 6.93. The molecule has 0 atom stereocenters. The highest BCUT2D eigenvalue weighted by atomic mass is 19.1. The summed E-state index contributed by atoms with van der Waals surface area (Å²) in [4.78, 5) is 41.4. The van der Waals surface area contributed by atoms with Gasteiger partial charge < -0.3 is 30.1 Å². The maximum Gasteiger partial charge on any atom is 0.341 e. The molecule has 0 amide bonds. The fourth-order valence-electron chi connectivity index (χ4n) is 4.72. The summed E-state index contributed by atoms with van der Waals surface area (Å²) in [7, 11) is 0. The number of hydrogen-bond acceptors (Lipinski definition) is 9. The summed E-state index contributed by atoms with van der Waals surface area (Å²) in [5.41, 5.74) is -1.79. The third-order valence-corrected chi connectivity index (χ3v) is 6.93. The van der Waals surface area contributed by atoms with E-state index in [0.29, 0.717) is 30.9 Å². The Morgan fingerprint density at radius 1 is 0.950 bits per heavy atom. The number of aryl methyl sites for hydroxylation is 1. The highest BCUT2D eigenvalue weighted by molar-refractivity contribution is 5.93. The molecule has 1 saturated heterocycles. The number of fused-ring (bicyclic) bond motifs is 1. The molecule has 3 aromatic rings. The van der Waals surface area contributed by atoms with Crippen LogP contribution in [0.5, 0.6) is 0 Å². The quantitative estimate of drug-likeness (QED) is 0.281. The van der Waals surface area contributed by atoms with Gasteiger partial charge in [0.25, 0.3) is 0 Å². The zero-order valence-electron chi connectivity index (χ0n) is 23.1. The zero-order chi connectivity index (χ0) is 28.8. The minimum Gasteiger partial charge on any atom is -0.477 e. The Kier molecular flexibility index (Phi) is 9.33. The normalized spacial score (nSPS) is 13.6. The van der Waals surface area contributed by atoms with Gasteiger partial charge in [-0.25, -0.2) is 13.6 Å². The lowest BCUT2D eigenvalue weighted by Gasteiger charge is -2.36. The number of halogens is 2. The molecule has 216 valence electrons. The second-order valence-corrected chi connectivity index (χ2v) is 9.70. The summed E-state index contributed by atoms with van der Waals surface area (Å²) < 4.78 is 32.5. The monoisotopic (exact) mass is 558 g/mol. The van der Waals surface area contributed by atoms with Gasteiger partial charge in [0.2, 0.25) is 23.3 Å². The van der Waals surface area contributed by atoms with Crippen LogP contribution in [-0.4, -0.2) is 69.9 Å². The lowest BCUT2D eigenvalue weighted by molar-refractivity contribution is 0.0694. The largest absolute Gasteiger partial charge is 0.477 e. The van der Waals surface area contributed by atoms with Crippen LogP contribution in [0, 0.1) is 11.6 Å². The summed E-state index contributed by atoms with van der Waals surface area (Å²) >= 11 is 0. The van der Waals surface area contributed by atoms with E-state index in [1.54, 1.807) is 11.8 Å². The minimum atomic E-state index is -1.44. The Balaban J connectivity index is 1.60. The average molecular weight is 559 g/mol. The molecule has 40 heavy (non-hydrogen) atoms. The first-order chi connectivity index (χ1) is 19.3. The van der Waals surface area contributed by atoms with Crippen LogP contribution < -0.4 is 25.9 Å². The number of piperazine rings is 1. The Bertz CT molecular complexity index is 1400. The van der Waals surface area contributed by atoms with Gasteiger partial charge in [-0.3, -0.25) is 4.79 Å². The van der Waals surface area contributed by atoms with Crippen LogP contribution in [0.2, 0.25) is 0 Å². The van der Waals surface area contributed by atoms with E-state index in [0.717, 1.165) is 51.0 Å². The lowest BCUT2D eigenvalue weighted by Crippen LogP contribution is -2.48. The van der Waals surface area contributed by atoms with Crippen LogP contribution in [0.15, 0.2) is 17.1 Å². The molecule has 13 heteroatoms. The number of nitrogens with one attached hydrogen (secondary N) is 2. The summed E-state index contributed by atoms with van der Waals surface area (Å²) in [6.07, 6.45) is 5.13. The molecular weight excluding hydrogens is 522 g/mol. The first-order valence-corrected chi connectivity index (χ1v) is 13.8. The van der Waals surface area contributed by atoms with Crippen molar-refractivity contribution in [1.29, 1.82) is 0 Å². The molecule has 1 aliphatic heterocycles. The number of carboxylic acids is 1. The third kappa shape index (κ3) is 6.07. The molecule has 1 aromatic carbocycles. The van der Waals surface area contributed by atoms with Crippen molar-refractivity contribution in [3.63, 3.8) is 0 Å². The van der Waals surface area contributed by atoms with Crippen molar-refractivity contribution in [2.45, 2.75) is 53.0 Å². The van der Waals surface area contributed by atoms with Crippen molar-refractivity contribution >= 4 is 40.4 Å². The lowest BCUT2D eigenvalue weighted by atomic mass is 10.1. The van der Waals surface area contributed by atoms with Crippen LogP contribution >= 0.6 is 0 Å². The molecule has 1 aliphatic rings. The van der Waals surface area contributed by atoms with Crippen molar-refractivity contribution < 1.29 is 18.7 Å². The SMILES string of the molecule is CCCCNc1nc(NCCCC)nc(N2CCN(c3c(F)cc4c(=O)c(C(=O)O)cn(CC)c4c3F)CC2)n1. The Morgan fingerprint density at radius 2 is 1.52 bits per heavy atom. The first kappa shape index (κ1) is 29.0. The molecule has 3 N–H and O–H groups in total. The number of unbranched alkanes of at least 4 members (excludes halogenated alkanes) is 2. The van der Waals surface area contributed by atoms with Gasteiger partial charge in [0.15, 0.2) is 5.82 Å². The summed E-state index contributed by atoms with van der Waals surface area (Å²) in [6.45, 7) is 8.96. The van der Waals surface area contributed by atoms with Crippen LogP contribution in [0.4, 0.5) is 32.3 Å². The summed E-state index contributed by atoms with van der Waals surface area (Å²) in [5, 5.41) is 15.6. The zero-order valence-corrected chi connectivity index (χ0v) is 23.1. The number of carbonyl (C=O) groups is 1. The molecule has 1 fully saturated rings. The van der Waals surface area contributed by atoms with Gasteiger partial charge in [-0.05, 0) is 25.8 Å². The van der Waals surface area contributed by atoms with Crippen molar-refractivity contribution in [1.82, 2.24) is 19.5 Å². The smallest absolute Gasteiger partial charge is 0.341 e. The average Bonchev–Trinajstić information content (AvgIpc) is 2.94. The van der Waals surface area contributed by atoms with Crippen molar-refractivity contribution in [2.24, 2.45) is 0 Å². The number of rotatable bonds is 12. The standard InChI is InChI=1S/C27H36F2N8O3/c1-4-7-9-30-25-32-26(31-10-8-5-2)34-27(33-25)37-13-11-36(12-14-37)22-19(28)15-17-21(20(22)29)35(6-3)16-18(23(17)38)24(39)40/h15-16H,4-14H2,1-3H3,(H,39,40)(H2,30,31,32,33,34). The molecule has 11 nitrogen and oxygen atoms in total. The van der Waals surface area contributed by atoms with Gasteiger partial charge in [-0.1, -0.05) is 26.7 Å². The van der Waals surface area contributed by atoms with Gasteiger partial charge in [0.1, 0.15) is 17.1 Å². The van der Waals surface area contributed by atoms with Crippen molar-refractivity contribution in [3.8, 4) is 0 Å². The number of aromatic nitrogens is 4.